The van der Waals surface area contributed by atoms with Crippen LogP contribution in [0, 0.1) is 17.8 Å². The van der Waals surface area contributed by atoms with E-state index in [9.17, 15) is 0 Å². The molecular weight excluding hydrogens is 170 g/mol. The molecule has 1 aliphatic carbocycles. The van der Waals surface area contributed by atoms with Crippen molar-refractivity contribution < 1.29 is 0 Å². The van der Waals surface area contributed by atoms with E-state index >= 15 is 0 Å². The highest BCUT2D eigenvalue weighted by Crippen LogP contribution is 2.37. The molecular formula is C10H20ClN. The first-order valence-electron chi connectivity index (χ1n) is 4.88. The number of alkyl halides is 1. The Morgan fingerprint density at radius 2 is 2.17 bits per heavy atom. The number of rotatable bonds is 5. The molecule has 0 saturated heterocycles. The molecule has 0 aromatic rings. The Morgan fingerprint density at radius 3 is 2.58 bits per heavy atom. The van der Waals surface area contributed by atoms with E-state index in [1.54, 1.807) is 0 Å². The predicted octanol–water partition coefficient (Wildman–Crippen LogP) is 2.45. The Labute approximate surface area is 81.1 Å². The van der Waals surface area contributed by atoms with Crippen molar-refractivity contribution in [2.45, 2.75) is 20.3 Å². The van der Waals surface area contributed by atoms with Crippen LogP contribution in [0.4, 0.5) is 0 Å². The van der Waals surface area contributed by atoms with Gasteiger partial charge < -0.3 is 4.90 Å². The highest BCUT2D eigenvalue weighted by molar-refractivity contribution is 6.18. The van der Waals surface area contributed by atoms with Gasteiger partial charge in [-0.1, -0.05) is 13.8 Å². The van der Waals surface area contributed by atoms with Crippen LogP contribution in [-0.2, 0) is 0 Å². The van der Waals surface area contributed by atoms with E-state index < -0.39 is 0 Å². The molecule has 1 fully saturated rings. The van der Waals surface area contributed by atoms with Crippen molar-refractivity contribution in [3.8, 4) is 0 Å². The molecule has 0 aromatic heterocycles. The zero-order valence-electron chi connectivity index (χ0n) is 8.39. The average molecular weight is 190 g/mol. The Balaban J connectivity index is 2.07. The van der Waals surface area contributed by atoms with Crippen molar-refractivity contribution in [1.29, 1.82) is 0 Å². The highest BCUT2D eigenvalue weighted by atomic mass is 35.5. The summed E-state index contributed by atoms with van der Waals surface area (Å²) in [6.45, 7) is 6.96. The monoisotopic (exact) mass is 189 g/mol. The number of nitrogens with zero attached hydrogens (tertiary/aromatic N) is 1. The third-order valence-electron chi connectivity index (χ3n) is 2.71. The topological polar surface area (TPSA) is 3.24 Å². The highest BCUT2D eigenvalue weighted by Gasteiger charge is 2.33. The molecule has 0 radical (unpaired) electrons. The molecule has 0 heterocycles. The molecule has 0 bridgehead atoms. The van der Waals surface area contributed by atoms with Crippen LogP contribution in [0.3, 0.4) is 0 Å². The van der Waals surface area contributed by atoms with Crippen LogP contribution in [-0.4, -0.2) is 30.9 Å². The molecule has 12 heavy (non-hydrogen) atoms. The third-order valence-corrected chi connectivity index (χ3v) is 3.24. The van der Waals surface area contributed by atoms with Gasteiger partial charge in [0, 0.05) is 19.0 Å². The minimum Gasteiger partial charge on any atom is -0.306 e. The zero-order valence-corrected chi connectivity index (χ0v) is 9.14. The second-order valence-corrected chi connectivity index (χ2v) is 4.76. The SMILES string of the molecule is CC(CCl)CN(C)CC1CC1C. The van der Waals surface area contributed by atoms with Crippen LogP contribution in [0.25, 0.3) is 0 Å². The van der Waals surface area contributed by atoms with Crippen LogP contribution in [0.15, 0.2) is 0 Å². The van der Waals surface area contributed by atoms with Crippen molar-refractivity contribution in [2.24, 2.45) is 17.8 Å². The lowest BCUT2D eigenvalue weighted by molar-refractivity contribution is 0.282. The van der Waals surface area contributed by atoms with Gasteiger partial charge in [-0.15, -0.1) is 11.6 Å². The molecule has 0 aliphatic heterocycles. The standard InChI is InChI=1S/C10H20ClN/c1-8(5-11)6-12(3)7-10-4-9(10)2/h8-10H,4-7H2,1-3H3. The van der Waals surface area contributed by atoms with Gasteiger partial charge in [0.05, 0.1) is 0 Å². The molecule has 1 nitrogen and oxygen atoms in total. The van der Waals surface area contributed by atoms with Gasteiger partial charge in [0.1, 0.15) is 0 Å². The molecule has 72 valence electrons. The minimum atomic E-state index is 0.630. The number of hydrogen-bond acceptors (Lipinski definition) is 1. The Morgan fingerprint density at radius 1 is 1.58 bits per heavy atom. The Bertz CT molecular complexity index is 132. The maximum Gasteiger partial charge on any atom is 0.0261 e. The summed E-state index contributed by atoms with van der Waals surface area (Å²) in [5, 5.41) is 0. The molecule has 0 amide bonds. The molecule has 1 aliphatic rings. The summed E-state index contributed by atoms with van der Waals surface area (Å²) in [7, 11) is 2.20. The van der Waals surface area contributed by atoms with Gasteiger partial charge in [-0.25, -0.2) is 0 Å². The first-order chi connectivity index (χ1) is 5.63. The fraction of sp³-hybridized carbons (Fsp3) is 1.00. The van der Waals surface area contributed by atoms with Crippen molar-refractivity contribution in [3.05, 3.63) is 0 Å². The molecule has 1 rings (SSSR count). The van der Waals surface area contributed by atoms with E-state index in [-0.39, 0.29) is 0 Å². The lowest BCUT2D eigenvalue weighted by atomic mass is 10.2. The lowest BCUT2D eigenvalue weighted by Gasteiger charge is -2.19. The maximum absolute atomic E-state index is 5.75. The van der Waals surface area contributed by atoms with E-state index in [4.69, 9.17) is 11.6 Å². The first kappa shape index (κ1) is 10.3. The molecule has 0 N–H and O–H groups in total. The Kier molecular flexibility index (Phi) is 3.85. The smallest absolute Gasteiger partial charge is 0.0261 e. The van der Waals surface area contributed by atoms with Gasteiger partial charge in [-0.2, -0.15) is 0 Å². The average Bonchev–Trinajstić information content (AvgIpc) is 2.66. The molecule has 3 atom stereocenters. The van der Waals surface area contributed by atoms with Crippen molar-refractivity contribution in [2.75, 3.05) is 26.0 Å². The van der Waals surface area contributed by atoms with Gasteiger partial charge in [0.2, 0.25) is 0 Å². The molecule has 0 aromatic carbocycles. The summed E-state index contributed by atoms with van der Waals surface area (Å²) in [4.78, 5) is 2.42. The second kappa shape index (κ2) is 4.48. The van der Waals surface area contributed by atoms with Crippen LogP contribution in [0.2, 0.25) is 0 Å². The molecule has 3 unspecified atom stereocenters. The maximum atomic E-state index is 5.75. The summed E-state index contributed by atoms with van der Waals surface area (Å²) in [6, 6.07) is 0. The molecule has 1 saturated carbocycles. The fourth-order valence-electron chi connectivity index (χ4n) is 1.71. The normalized spacial score (nSPS) is 30.8. The van der Waals surface area contributed by atoms with Crippen molar-refractivity contribution in [1.82, 2.24) is 4.90 Å². The van der Waals surface area contributed by atoms with E-state index in [0.717, 1.165) is 24.3 Å². The first-order valence-corrected chi connectivity index (χ1v) is 5.41. The quantitative estimate of drug-likeness (QED) is 0.601. The summed E-state index contributed by atoms with van der Waals surface area (Å²) in [5.74, 6) is 3.35. The summed E-state index contributed by atoms with van der Waals surface area (Å²) in [5.41, 5.74) is 0. The predicted molar refractivity (Wildman–Crippen MR) is 54.7 cm³/mol. The van der Waals surface area contributed by atoms with Gasteiger partial charge in [0.15, 0.2) is 0 Å². The zero-order chi connectivity index (χ0) is 9.14. The van der Waals surface area contributed by atoms with Crippen molar-refractivity contribution >= 4 is 11.6 Å². The third kappa shape index (κ3) is 3.32. The van der Waals surface area contributed by atoms with E-state index in [2.05, 4.69) is 25.8 Å². The van der Waals surface area contributed by atoms with E-state index in [1.165, 1.54) is 13.0 Å². The van der Waals surface area contributed by atoms with Gasteiger partial charge in [-0.3, -0.25) is 0 Å². The van der Waals surface area contributed by atoms with E-state index in [0.29, 0.717) is 5.92 Å². The minimum absolute atomic E-state index is 0.630. The van der Waals surface area contributed by atoms with Gasteiger partial charge >= 0.3 is 0 Å². The molecule has 2 heteroatoms. The summed E-state index contributed by atoms with van der Waals surface area (Å²) in [6.07, 6.45) is 1.43. The summed E-state index contributed by atoms with van der Waals surface area (Å²) >= 11 is 5.75. The summed E-state index contributed by atoms with van der Waals surface area (Å²) < 4.78 is 0. The van der Waals surface area contributed by atoms with Crippen LogP contribution >= 0.6 is 11.6 Å². The van der Waals surface area contributed by atoms with Gasteiger partial charge in [0.25, 0.3) is 0 Å². The number of halogens is 1. The molecule has 0 spiro atoms. The van der Waals surface area contributed by atoms with E-state index in [1.807, 2.05) is 0 Å². The van der Waals surface area contributed by atoms with Crippen LogP contribution in [0.1, 0.15) is 20.3 Å². The largest absolute Gasteiger partial charge is 0.306 e. The number of hydrogen-bond donors (Lipinski definition) is 0. The Hall–Kier alpha value is 0.250. The second-order valence-electron chi connectivity index (χ2n) is 4.45. The van der Waals surface area contributed by atoms with Crippen molar-refractivity contribution in [3.63, 3.8) is 0 Å². The fourth-order valence-corrected chi connectivity index (χ4v) is 1.81. The lowest BCUT2D eigenvalue weighted by Crippen LogP contribution is -2.27. The van der Waals surface area contributed by atoms with Gasteiger partial charge in [-0.05, 0) is 31.2 Å². The van der Waals surface area contributed by atoms with Crippen LogP contribution < -0.4 is 0 Å². The van der Waals surface area contributed by atoms with Crippen LogP contribution in [0.5, 0.6) is 0 Å².